The molecule has 4 aliphatic rings. The van der Waals surface area contributed by atoms with Gasteiger partial charge in [0, 0.05) is 18.9 Å². The maximum Gasteiger partial charge on any atom is 0.139 e. The van der Waals surface area contributed by atoms with Crippen molar-refractivity contribution in [3.8, 4) is 0 Å². The number of carbonyl (C=O) groups excluding carboxylic acids is 1. The molecule has 0 bridgehead atoms. The van der Waals surface area contributed by atoms with E-state index in [1.54, 1.807) is 7.11 Å². The second kappa shape index (κ2) is 5.31. The molecule has 0 amide bonds. The van der Waals surface area contributed by atoms with Crippen LogP contribution in [0.25, 0.3) is 0 Å². The predicted molar refractivity (Wildman–Crippen MR) is 84.3 cm³/mol. The summed E-state index contributed by atoms with van der Waals surface area (Å²) in [6, 6.07) is 0. The molecule has 8 atom stereocenters. The molecule has 0 aromatic carbocycles. The minimum atomic E-state index is -0.273. The molecule has 0 unspecified atom stereocenters. The fourth-order valence-electron chi connectivity index (χ4n) is 6.93. The van der Waals surface area contributed by atoms with Gasteiger partial charge in [0.25, 0.3) is 0 Å². The molecule has 0 heterocycles. The molecule has 1 N–H and O–H groups in total. The SMILES string of the molecule is CO[C@H]1[C@H]2CC[C@@H]3[C@H](CC[C@]4(C)C(=O)CC[C@@H]34)[C@H]2CC[C@@H]1O. The van der Waals surface area contributed by atoms with Gasteiger partial charge in [-0.15, -0.1) is 0 Å². The average Bonchev–Trinajstić information content (AvgIpc) is 2.82. The van der Waals surface area contributed by atoms with Gasteiger partial charge in [-0.2, -0.15) is 0 Å². The van der Waals surface area contributed by atoms with E-state index in [1.807, 2.05) is 0 Å². The van der Waals surface area contributed by atoms with Crippen LogP contribution in [-0.4, -0.2) is 30.2 Å². The summed E-state index contributed by atoms with van der Waals surface area (Å²) in [7, 11) is 1.76. The minimum Gasteiger partial charge on any atom is -0.390 e. The van der Waals surface area contributed by atoms with Crippen molar-refractivity contribution < 1.29 is 14.6 Å². The number of Topliss-reactive ketones (excluding diaryl/α,β-unsaturated/α-hetero) is 1. The molecule has 4 rings (SSSR count). The van der Waals surface area contributed by atoms with Gasteiger partial charge in [-0.25, -0.2) is 0 Å². The van der Waals surface area contributed by atoms with Crippen molar-refractivity contribution in [3.63, 3.8) is 0 Å². The highest BCUT2D eigenvalue weighted by atomic mass is 16.5. The number of aliphatic hydroxyl groups is 1. The van der Waals surface area contributed by atoms with Gasteiger partial charge in [0.1, 0.15) is 5.78 Å². The van der Waals surface area contributed by atoms with Crippen LogP contribution in [-0.2, 0) is 9.53 Å². The van der Waals surface area contributed by atoms with E-state index in [2.05, 4.69) is 6.92 Å². The Morgan fingerprint density at radius 3 is 2.45 bits per heavy atom. The van der Waals surface area contributed by atoms with Crippen molar-refractivity contribution in [2.45, 2.75) is 70.5 Å². The second-order valence-electron chi connectivity index (χ2n) is 8.60. The average molecular weight is 306 g/mol. The standard InChI is InChI=1S/C19H30O3/c1-19-10-9-12-11-5-7-16(20)18(22-2)14(11)4-3-13(12)15(19)6-8-17(19)21/h11-16,18,20H,3-10H2,1-2H3/t11-,12-,13-,14+,15+,16+,18+,19+/m1/s1. The summed E-state index contributed by atoms with van der Waals surface area (Å²) >= 11 is 0. The molecule has 0 radical (unpaired) electrons. The highest BCUT2D eigenvalue weighted by Crippen LogP contribution is 2.61. The Hall–Kier alpha value is -0.410. The first kappa shape index (κ1) is 15.1. The van der Waals surface area contributed by atoms with E-state index in [4.69, 9.17) is 4.74 Å². The summed E-state index contributed by atoms with van der Waals surface area (Å²) in [6.45, 7) is 2.25. The van der Waals surface area contributed by atoms with Gasteiger partial charge in [-0.05, 0) is 74.5 Å². The van der Waals surface area contributed by atoms with Crippen LogP contribution in [0.3, 0.4) is 0 Å². The zero-order valence-electron chi connectivity index (χ0n) is 14.0. The Bertz CT molecular complexity index is 462. The first-order valence-corrected chi connectivity index (χ1v) is 9.30. The molecule has 3 nitrogen and oxygen atoms in total. The zero-order chi connectivity index (χ0) is 15.5. The Morgan fingerprint density at radius 2 is 1.68 bits per heavy atom. The first-order chi connectivity index (χ1) is 10.6. The van der Waals surface area contributed by atoms with Gasteiger partial charge in [-0.3, -0.25) is 4.79 Å². The van der Waals surface area contributed by atoms with Gasteiger partial charge in [-0.1, -0.05) is 6.92 Å². The van der Waals surface area contributed by atoms with E-state index in [0.717, 1.165) is 43.9 Å². The number of ether oxygens (including phenoxy) is 1. The van der Waals surface area contributed by atoms with Gasteiger partial charge in [0.05, 0.1) is 12.2 Å². The number of hydrogen-bond donors (Lipinski definition) is 1. The van der Waals surface area contributed by atoms with Gasteiger partial charge in [0.15, 0.2) is 0 Å². The molecule has 0 saturated heterocycles. The fourth-order valence-corrected chi connectivity index (χ4v) is 6.93. The van der Waals surface area contributed by atoms with Crippen molar-refractivity contribution >= 4 is 5.78 Å². The van der Waals surface area contributed by atoms with Crippen LogP contribution >= 0.6 is 0 Å². The van der Waals surface area contributed by atoms with Crippen LogP contribution in [0.4, 0.5) is 0 Å². The highest BCUT2D eigenvalue weighted by molar-refractivity contribution is 5.87. The lowest BCUT2D eigenvalue weighted by atomic mass is 9.50. The maximum absolute atomic E-state index is 12.4. The highest BCUT2D eigenvalue weighted by Gasteiger charge is 2.58. The molecule has 0 spiro atoms. The molecule has 4 saturated carbocycles. The lowest BCUT2D eigenvalue weighted by Gasteiger charge is -2.56. The molecule has 4 fully saturated rings. The van der Waals surface area contributed by atoms with Gasteiger partial charge < -0.3 is 9.84 Å². The lowest BCUT2D eigenvalue weighted by Crippen LogP contribution is -2.53. The molecule has 22 heavy (non-hydrogen) atoms. The smallest absolute Gasteiger partial charge is 0.139 e. The Kier molecular flexibility index (Phi) is 3.65. The normalized spacial score (nSPS) is 54.5. The van der Waals surface area contributed by atoms with E-state index in [0.29, 0.717) is 23.5 Å². The van der Waals surface area contributed by atoms with Crippen molar-refractivity contribution in [1.29, 1.82) is 0 Å². The van der Waals surface area contributed by atoms with Gasteiger partial charge in [0.2, 0.25) is 0 Å². The minimum absolute atomic E-state index is 0.0111. The summed E-state index contributed by atoms with van der Waals surface area (Å²) in [5, 5.41) is 10.3. The van der Waals surface area contributed by atoms with Crippen LogP contribution in [0.2, 0.25) is 0 Å². The topological polar surface area (TPSA) is 46.5 Å². The maximum atomic E-state index is 12.4. The van der Waals surface area contributed by atoms with E-state index >= 15 is 0 Å². The Balaban J connectivity index is 1.59. The molecule has 124 valence electrons. The van der Waals surface area contributed by atoms with Crippen LogP contribution in [0, 0.1) is 35.0 Å². The largest absolute Gasteiger partial charge is 0.390 e. The summed E-state index contributed by atoms with van der Waals surface area (Å²) < 4.78 is 5.67. The molecule has 0 aromatic rings. The van der Waals surface area contributed by atoms with Gasteiger partial charge >= 0.3 is 0 Å². The van der Waals surface area contributed by atoms with Crippen molar-refractivity contribution in [3.05, 3.63) is 0 Å². The van der Waals surface area contributed by atoms with E-state index in [-0.39, 0.29) is 17.6 Å². The second-order valence-corrected chi connectivity index (χ2v) is 8.60. The molecule has 4 aliphatic carbocycles. The summed E-state index contributed by atoms with van der Waals surface area (Å²) in [6.07, 6.45) is 8.51. The fraction of sp³-hybridized carbons (Fsp3) is 0.947. The molecule has 0 aromatic heterocycles. The van der Waals surface area contributed by atoms with Crippen LogP contribution in [0.5, 0.6) is 0 Å². The molecular weight excluding hydrogens is 276 g/mol. The van der Waals surface area contributed by atoms with E-state index in [9.17, 15) is 9.90 Å². The third-order valence-corrected chi connectivity index (χ3v) is 8.00. The zero-order valence-corrected chi connectivity index (χ0v) is 14.0. The number of aliphatic hydroxyl groups excluding tert-OH is 1. The number of carbonyl (C=O) groups is 1. The Morgan fingerprint density at radius 1 is 1.00 bits per heavy atom. The van der Waals surface area contributed by atoms with Crippen molar-refractivity contribution in [2.24, 2.45) is 35.0 Å². The number of rotatable bonds is 1. The van der Waals surface area contributed by atoms with Crippen LogP contribution in [0.1, 0.15) is 58.3 Å². The third-order valence-electron chi connectivity index (χ3n) is 8.00. The third kappa shape index (κ3) is 1.97. The monoisotopic (exact) mass is 306 g/mol. The predicted octanol–water partition coefficient (Wildman–Crippen LogP) is 3.19. The van der Waals surface area contributed by atoms with E-state index < -0.39 is 0 Å². The number of methoxy groups -OCH3 is 1. The lowest BCUT2D eigenvalue weighted by molar-refractivity contribution is -0.147. The van der Waals surface area contributed by atoms with Crippen molar-refractivity contribution in [2.75, 3.05) is 7.11 Å². The van der Waals surface area contributed by atoms with E-state index in [1.165, 1.54) is 19.3 Å². The quantitative estimate of drug-likeness (QED) is 0.809. The summed E-state index contributed by atoms with van der Waals surface area (Å²) in [4.78, 5) is 12.4. The summed E-state index contributed by atoms with van der Waals surface area (Å²) in [5.41, 5.74) is -0.0111. The number of ketones is 1. The molecule has 0 aliphatic heterocycles. The number of fused-ring (bicyclic) bond motifs is 5. The number of hydrogen-bond acceptors (Lipinski definition) is 3. The van der Waals surface area contributed by atoms with Crippen LogP contribution < -0.4 is 0 Å². The van der Waals surface area contributed by atoms with Crippen LogP contribution in [0.15, 0.2) is 0 Å². The van der Waals surface area contributed by atoms with Crippen molar-refractivity contribution in [1.82, 2.24) is 0 Å². The molecule has 3 heteroatoms. The Labute approximate surface area is 133 Å². The molecular formula is C19H30O3. The summed E-state index contributed by atoms with van der Waals surface area (Å²) in [5.74, 6) is 3.94. The first-order valence-electron chi connectivity index (χ1n) is 9.30.